The Morgan fingerprint density at radius 3 is 2.17 bits per heavy atom. The van der Waals surface area contributed by atoms with Crippen LogP contribution in [0.4, 0.5) is 0 Å². The zero-order valence-electron chi connectivity index (χ0n) is 10.5. The SMILES string of the molecule is CC.Cc1nc(Cl)c(-c2ccccc2)c(Cl)c1Br. The topological polar surface area (TPSA) is 12.9 Å². The lowest BCUT2D eigenvalue weighted by Gasteiger charge is -2.10. The van der Waals surface area contributed by atoms with E-state index in [4.69, 9.17) is 23.2 Å². The van der Waals surface area contributed by atoms with Crippen LogP contribution >= 0.6 is 39.1 Å². The van der Waals surface area contributed by atoms with Crippen molar-refractivity contribution in [1.29, 1.82) is 0 Å². The summed E-state index contributed by atoms with van der Waals surface area (Å²) in [4.78, 5) is 4.24. The Hall–Kier alpha value is -0.570. The zero-order valence-corrected chi connectivity index (χ0v) is 13.6. The van der Waals surface area contributed by atoms with Gasteiger partial charge in [-0.2, -0.15) is 0 Å². The Bertz CT molecular complexity index is 527. The second-order valence-corrected chi connectivity index (χ2v) is 4.89. The van der Waals surface area contributed by atoms with E-state index in [2.05, 4.69) is 20.9 Å². The van der Waals surface area contributed by atoms with Crippen molar-refractivity contribution in [1.82, 2.24) is 4.98 Å². The second kappa shape index (κ2) is 7.13. The number of aryl methyl sites for hydroxylation is 1. The molecule has 2 aromatic rings. The zero-order chi connectivity index (χ0) is 13.7. The van der Waals surface area contributed by atoms with Crippen LogP contribution in [-0.2, 0) is 0 Å². The maximum atomic E-state index is 6.27. The van der Waals surface area contributed by atoms with Crippen molar-refractivity contribution in [3.8, 4) is 11.1 Å². The Morgan fingerprint density at radius 1 is 1.06 bits per heavy atom. The van der Waals surface area contributed by atoms with Crippen molar-refractivity contribution in [3.63, 3.8) is 0 Å². The first kappa shape index (κ1) is 15.5. The average molecular weight is 347 g/mol. The molecule has 1 aromatic carbocycles. The van der Waals surface area contributed by atoms with Crippen LogP contribution in [-0.4, -0.2) is 4.98 Å². The molecule has 0 unspecified atom stereocenters. The molecule has 2 rings (SSSR count). The molecule has 0 aliphatic heterocycles. The van der Waals surface area contributed by atoms with E-state index in [1.807, 2.05) is 51.1 Å². The molecule has 0 aliphatic carbocycles. The number of pyridine rings is 1. The summed E-state index contributed by atoms with van der Waals surface area (Å²) in [5.41, 5.74) is 2.52. The molecule has 0 fully saturated rings. The fourth-order valence-corrected chi connectivity index (χ4v) is 2.46. The maximum absolute atomic E-state index is 6.27. The quantitative estimate of drug-likeness (QED) is 0.564. The molecular formula is C14H14BrCl2N. The van der Waals surface area contributed by atoms with E-state index in [1.165, 1.54) is 0 Å². The number of nitrogens with zero attached hydrogens (tertiary/aromatic N) is 1. The molecule has 0 saturated heterocycles. The van der Waals surface area contributed by atoms with Crippen molar-refractivity contribution in [3.05, 3.63) is 50.7 Å². The highest BCUT2D eigenvalue weighted by Gasteiger charge is 2.14. The van der Waals surface area contributed by atoms with E-state index in [0.29, 0.717) is 10.2 Å². The molecule has 0 bridgehead atoms. The molecule has 4 heteroatoms. The fourth-order valence-electron chi connectivity index (χ4n) is 1.46. The van der Waals surface area contributed by atoms with Gasteiger partial charge >= 0.3 is 0 Å². The van der Waals surface area contributed by atoms with Gasteiger partial charge in [-0.15, -0.1) is 0 Å². The van der Waals surface area contributed by atoms with Gasteiger partial charge in [-0.05, 0) is 28.4 Å². The first-order valence-electron chi connectivity index (χ1n) is 5.67. The van der Waals surface area contributed by atoms with Crippen molar-refractivity contribution < 1.29 is 0 Å². The largest absolute Gasteiger partial charge is 0.239 e. The predicted molar refractivity (Wildman–Crippen MR) is 83.5 cm³/mol. The van der Waals surface area contributed by atoms with E-state index in [1.54, 1.807) is 0 Å². The predicted octanol–water partition coefficient (Wildman–Crippen LogP) is 6.15. The third kappa shape index (κ3) is 3.25. The van der Waals surface area contributed by atoms with E-state index in [9.17, 15) is 0 Å². The lowest BCUT2D eigenvalue weighted by molar-refractivity contribution is 1.18. The Balaban J connectivity index is 0.000000771. The lowest BCUT2D eigenvalue weighted by Crippen LogP contribution is -1.91. The van der Waals surface area contributed by atoms with Crippen LogP contribution in [0, 0.1) is 6.92 Å². The van der Waals surface area contributed by atoms with Gasteiger partial charge < -0.3 is 0 Å². The summed E-state index contributed by atoms with van der Waals surface area (Å²) in [6.07, 6.45) is 0. The van der Waals surface area contributed by atoms with Gasteiger partial charge in [0, 0.05) is 5.56 Å². The number of hydrogen-bond acceptors (Lipinski definition) is 1. The number of halogens is 3. The van der Waals surface area contributed by atoms with Crippen LogP contribution in [0.3, 0.4) is 0 Å². The molecule has 1 heterocycles. The Labute approximate surface area is 126 Å². The van der Waals surface area contributed by atoms with Crippen LogP contribution in [0.2, 0.25) is 10.2 Å². The van der Waals surface area contributed by atoms with Gasteiger partial charge in [0.2, 0.25) is 0 Å². The van der Waals surface area contributed by atoms with E-state index >= 15 is 0 Å². The maximum Gasteiger partial charge on any atom is 0.138 e. The van der Waals surface area contributed by atoms with Crippen LogP contribution in [0.15, 0.2) is 34.8 Å². The van der Waals surface area contributed by atoms with Crippen LogP contribution < -0.4 is 0 Å². The first-order valence-corrected chi connectivity index (χ1v) is 7.22. The third-order valence-electron chi connectivity index (χ3n) is 2.26. The molecule has 18 heavy (non-hydrogen) atoms. The summed E-state index contributed by atoms with van der Waals surface area (Å²) < 4.78 is 0.789. The smallest absolute Gasteiger partial charge is 0.138 e. The highest BCUT2D eigenvalue weighted by atomic mass is 79.9. The third-order valence-corrected chi connectivity index (χ3v) is 4.11. The van der Waals surface area contributed by atoms with Crippen LogP contribution in [0.5, 0.6) is 0 Å². The van der Waals surface area contributed by atoms with Crippen molar-refractivity contribution in [2.75, 3.05) is 0 Å². The molecule has 0 spiro atoms. The van der Waals surface area contributed by atoms with E-state index in [-0.39, 0.29) is 0 Å². The minimum atomic E-state index is 0.428. The molecule has 96 valence electrons. The van der Waals surface area contributed by atoms with Gasteiger partial charge in [0.15, 0.2) is 0 Å². The van der Waals surface area contributed by atoms with Crippen LogP contribution in [0.1, 0.15) is 19.5 Å². The average Bonchev–Trinajstić information content (AvgIpc) is 2.40. The summed E-state index contributed by atoms with van der Waals surface area (Å²) in [6, 6.07) is 9.74. The van der Waals surface area contributed by atoms with E-state index in [0.717, 1.165) is 21.3 Å². The second-order valence-electron chi connectivity index (χ2n) is 3.36. The lowest BCUT2D eigenvalue weighted by atomic mass is 10.1. The molecule has 0 amide bonds. The summed E-state index contributed by atoms with van der Waals surface area (Å²) in [7, 11) is 0. The molecule has 1 aromatic heterocycles. The Morgan fingerprint density at radius 2 is 1.61 bits per heavy atom. The van der Waals surface area contributed by atoms with Gasteiger partial charge in [0.25, 0.3) is 0 Å². The number of aromatic nitrogens is 1. The monoisotopic (exact) mass is 345 g/mol. The summed E-state index contributed by atoms with van der Waals surface area (Å²) in [5.74, 6) is 0. The van der Waals surface area contributed by atoms with Gasteiger partial charge in [0.1, 0.15) is 5.15 Å². The van der Waals surface area contributed by atoms with Crippen molar-refractivity contribution in [2.45, 2.75) is 20.8 Å². The number of benzene rings is 1. The molecular weight excluding hydrogens is 333 g/mol. The Kier molecular flexibility index (Phi) is 6.13. The molecule has 0 saturated carbocycles. The van der Waals surface area contributed by atoms with Gasteiger partial charge in [-0.3, -0.25) is 0 Å². The number of hydrogen-bond donors (Lipinski definition) is 0. The van der Waals surface area contributed by atoms with Crippen LogP contribution in [0.25, 0.3) is 11.1 Å². The minimum absolute atomic E-state index is 0.428. The fraction of sp³-hybridized carbons (Fsp3) is 0.214. The van der Waals surface area contributed by atoms with E-state index < -0.39 is 0 Å². The molecule has 0 N–H and O–H groups in total. The highest BCUT2D eigenvalue weighted by Crippen LogP contribution is 2.39. The van der Waals surface area contributed by atoms with Gasteiger partial charge in [-0.25, -0.2) is 4.98 Å². The standard InChI is InChI=1S/C12H8BrCl2N.C2H6/c1-7-10(13)11(14)9(12(15)16-7)8-5-3-2-4-6-8;1-2/h2-6H,1H3;1-2H3. The summed E-state index contributed by atoms with van der Waals surface area (Å²) >= 11 is 15.8. The normalized spacial score (nSPS) is 9.67. The molecule has 0 radical (unpaired) electrons. The molecule has 0 atom stereocenters. The highest BCUT2D eigenvalue weighted by molar-refractivity contribution is 9.10. The number of rotatable bonds is 1. The van der Waals surface area contributed by atoms with Crippen molar-refractivity contribution in [2.24, 2.45) is 0 Å². The molecule has 0 aliphatic rings. The van der Waals surface area contributed by atoms with Crippen molar-refractivity contribution >= 4 is 39.1 Å². The van der Waals surface area contributed by atoms with Gasteiger partial charge in [-0.1, -0.05) is 67.4 Å². The minimum Gasteiger partial charge on any atom is -0.239 e. The first-order chi connectivity index (χ1) is 8.61. The summed E-state index contributed by atoms with van der Waals surface area (Å²) in [5, 5.41) is 1.03. The van der Waals surface area contributed by atoms with Gasteiger partial charge in [0.05, 0.1) is 15.2 Å². The summed E-state index contributed by atoms with van der Waals surface area (Å²) in [6.45, 7) is 5.86. The molecule has 1 nitrogen and oxygen atoms in total.